The second kappa shape index (κ2) is 21.3. The number of hydrogen-bond donors (Lipinski definition) is 0. The summed E-state index contributed by atoms with van der Waals surface area (Å²) >= 11 is 0. The SMILES string of the molecule is CC1(C)C2CCCCC2C2CC3C4C(OC5C6C(CC7C8CCCCC8C(C)(C)C75)N(c5ccccc5)C5C7C8C(C(C5P46)N3c3ccccc3)N(c3ccccc3)C3CC4C5CCCCC5C(C)(C)C4C4OC5C(C(CC6C9CCCCC9C(C)(C)C65)N7c5ccccc5)P8C43)C21. The van der Waals surface area contributed by atoms with Crippen LogP contribution in [0.25, 0.3) is 0 Å². The Morgan fingerprint density at radius 1 is 0.276 bits per heavy atom. The summed E-state index contributed by atoms with van der Waals surface area (Å²) in [6, 6.07) is 54.3. The van der Waals surface area contributed by atoms with Gasteiger partial charge < -0.3 is 29.1 Å². The van der Waals surface area contributed by atoms with Gasteiger partial charge in [0.1, 0.15) is 0 Å². The Bertz CT molecular complexity index is 3260. The van der Waals surface area contributed by atoms with E-state index in [1.807, 2.05) is 0 Å². The van der Waals surface area contributed by atoms with E-state index in [0.717, 1.165) is 47.3 Å². The number of rotatable bonds is 4. The molecule has 32 atom stereocenters. The predicted octanol–water partition coefficient (Wildman–Crippen LogP) is 19.7. The van der Waals surface area contributed by atoms with E-state index >= 15 is 0 Å². The van der Waals surface area contributed by atoms with Crippen LogP contribution in [-0.4, -0.2) is 107 Å². The summed E-state index contributed by atoms with van der Waals surface area (Å²) in [6.45, 7) is 22.8. The third kappa shape index (κ3) is 7.61. The number of anilines is 4. The molecule has 0 bridgehead atoms. The third-order valence-corrected chi connectivity index (χ3v) is 44.6. The van der Waals surface area contributed by atoms with Gasteiger partial charge in [0, 0.05) is 80.9 Å². The zero-order valence-electron chi connectivity index (χ0n) is 60.8. The Kier molecular flexibility index (Phi) is 13.3. The quantitative estimate of drug-likeness (QED) is 0.189. The summed E-state index contributed by atoms with van der Waals surface area (Å²) < 4.78 is 18.3. The molecule has 0 amide bonds. The highest BCUT2D eigenvalue weighted by Crippen LogP contribution is 2.85. The maximum absolute atomic E-state index is 9.14. The lowest BCUT2D eigenvalue weighted by Gasteiger charge is -2.81. The Hall–Kier alpha value is -3.14. The van der Waals surface area contributed by atoms with E-state index in [4.69, 9.17) is 9.47 Å². The van der Waals surface area contributed by atoms with Gasteiger partial charge in [-0.2, -0.15) is 0 Å². The number of ether oxygens (including phenoxy) is 2. The summed E-state index contributed by atoms with van der Waals surface area (Å²) in [5.41, 5.74) is 10.5. The van der Waals surface area contributed by atoms with Gasteiger partial charge in [-0.25, -0.2) is 0 Å². The molecule has 13 saturated carbocycles. The monoisotopic (exact) mass is 1350 g/mol. The lowest BCUT2D eigenvalue weighted by molar-refractivity contribution is -0.163. The molecule has 32 unspecified atom stereocenters. The lowest BCUT2D eigenvalue weighted by atomic mass is 9.62. The minimum atomic E-state index is -0.604. The standard InChI is InChI=1S/C90H118N4O2P2/c1-87(2)61-41-25-21-37-53(61)57-45-65-81-77(69(57)87)95-78-70-58(54-38-22-26-42-62(54)88(70,3)4)46-66-82(78)97(81)85-73(91(65)49-29-13-9-14-30-49)75-86-76(74(85)92(66)50-31-15-10-16-32-50)94(52-35-19-12-20-36-52)68-48-60-56-40-24-28-44-64(56)90(7,8)72(60)80-84(68)98(86)83-67(93(75)51-33-17-11-18-34-51)47-59-55-39-23-27-43-63(55)89(5,6)71(59)79(83)96-80/h9-20,29-36,53-86H,21-28,37-48H2,1-8H3. The van der Waals surface area contributed by atoms with Gasteiger partial charge in [-0.3, -0.25) is 0 Å². The molecule has 19 fully saturated rings. The van der Waals surface area contributed by atoms with E-state index in [1.165, 1.54) is 128 Å². The van der Waals surface area contributed by atoms with E-state index in [2.05, 4.69) is 196 Å². The molecule has 0 radical (unpaired) electrons. The second-order valence-corrected chi connectivity index (χ2v) is 45.7. The molecule has 6 saturated heterocycles. The molecule has 4 aromatic carbocycles. The molecule has 23 rings (SSSR count). The van der Waals surface area contributed by atoms with Crippen LogP contribution < -0.4 is 19.6 Å². The fourth-order valence-corrected chi connectivity index (χ4v) is 44.9. The summed E-state index contributed by atoms with van der Waals surface area (Å²) in [6.07, 6.45) is 29.7. The molecule has 6 heterocycles. The van der Waals surface area contributed by atoms with Crippen molar-refractivity contribution in [3.8, 4) is 0 Å². The Labute approximate surface area is 592 Å². The minimum Gasteiger partial charge on any atom is -0.373 e. The van der Waals surface area contributed by atoms with Gasteiger partial charge >= 0.3 is 0 Å². The van der Waals surface area contributed by atoms with Crippen molar-refractivity contribution >= 4 is 38.6 Å². The van der Waals surface area contributed by atoms with Crippen molar-refractivity contribution in [2.45, 2.75) is 291 Å². The van der Waals surface area contributed by atoms with Crippen LogP contribution in [0, 0.1) is 116 Å². The normalized spacial score (nSPS) is 53.1. The van der Waals surface area contributed by atoms with Crippen molar-refractivity contribution in [1.29, 1.82) is 0 Å². The average Bonchev–Trinajstić information content (AvgIpc) is 0.962. The van der Waals surface area contributed by atoms with Crippen molar-refractivity contribution in [2.75, 3.05) is 19.6 Å². The van der Waals surface area contributed by atoms with Crippen LogP contribution in [-0.2, 0) is 9.47 Å². The van der Waals surface area contributed by atoms with Crippen LogP contribution >= 0.6 is 15.8 Å². The number of para-hydroxylation sites is 4. The van der Waals surface area contributed by atoms with Gasteiger partial charge in [0.15, 0.2) is 0 Å². The van der Waals surface area contributed by atoms with Crippen LogP contribution in [0.15, 0.2) is 121 Å². The first-order valence-electron chi connectivity index (χ1n) is 41.9. The molecule has 520 valence electrons. The summed E-state index contributed by atoms with van der Waals surface area (Å²) in [5.74, 6) is 11.8. The average molecular weight is 1350 g/mol. The molecule has 0 N–H and O–H groups in total. The van der Waals surface area contributed by atoms with Crippen LogP contribution in [0.5, 0.6) is 0 Å². The van der Waals surface area contributed by atoms with Crippen LogP contribution in [0.2, 0.25) is 0 Å². The molecular weight excluding hydrogens is 1230 g/mol. The molecule has 6 aliphatic heterocycles. The van der Waals surface area contributed by atoms with Crippen LogP contribution in [0.3, 0.4) is 0 Å². The van der Waals surface area contributed by atoms with Gasteiger partial charge in [0.2, 0.25) is 0 Å². The van der Waals surface area contributed by atoms with Gasteiger partial charge in [-0.15, -0.1) is 0 Å². The van der Waals surface area contributed by atoms with Crippen LogP contribution in [0.1, 0.15) is 184 Å². The molecule has 0 spiro atoms. The summed E-state index contributed by atoms with van der Waals surface area (Å²) in [4.78, 5) is 13.9. The Morgan fingerprint density at radius 2 is 0.490 bits per heavy atom. The van der Waals surface area contributed by atoms with E-state index in [1.54, 1.807) is 22.7 Å². The Balaban J connectivity index is 0.835. The third-order valence-electron chi connectivity index (χ3n) is 36.7. The zero-order valence-corrected chi connectivity index (χ0v) is 62.6. The Morgan fingerprint density at radius 3 is 0.714 bits per heavy atom. The first-order valence-corrected chi connectivity index (χ1v) is 45.0. The zero-order chi connectivity index (χ0) is 65.1. The molecule has 98 heavy (non-hydrogen) atoms. The van der Waals surface area contributed by atoms with Gasteiger partial charge in [0.25, 0.3) is 0 Å². The van der Waals surface area contributed by atoms with Gasteiger partial charge in [-0.1, -0.05) is 195 Å². The number of hydrogen-bond acceptors (Lipinski definition) is 6. The topological polar surface area (TPSA) is 31.4 Å². The molecule has 4 aromatic rings. The first kappa shape index (κ1) is 61.2. The predicted molar refractivity (Wildman–Crippen MR) is 403 cm³/mol. The highest BCUT2D eigenvalue weighted by atomic mass is 31.1. The highest BCUT2D eigenvalue weighted by Gasteiger charge is 2.83. The maximum atomic E-state index is 9.14. The highest BCUT2D eigenvalue weighted by molar-refractivity contribution is 7.61. The van der Waals surface area contributed by atoms with Gasteiger partial charge in [-0.05, 0) is 242 Å². The number of fused-ring (bicyclic) bond motifs is 18. The molecular formula is C90H118N4O2P2. The summed E-state index contributed by atoms with van der Waals surface area (Å²) in [7, 11) is -1.21. The smallest absolute Gasteiger partial charge is 0.0702 e. The van der Waals surface area contributed by atoms with Crippen molar-refractivity contribution in [3.63, 3.8) is 0 Å². The molecule has 13 aliphatic carbocycles. The number of benzene rings is 4. The minimum absolute atomic E-state index is 0.261. The first-order chi connectivity index (χ1) is 47.7. The van der Waals surface area contributed by atoms with Crippen molar-refractivity contribution in [2.24, 2.45) is 116 Å². The number of nitrogens with zero attached hydrogens (tertiary/aromatic N) is 4. The maximum Gasteiger partial charge on any atom is 0.0702 e. The molecule has 6 nitrogen and oxygen atoms in total. The summed E-state index contributed by atoms with van der Waals surface area (Å²) in [5, 5.41) is 0. The van der Waals surface area contributed by atoms with E-state index < -0.39 is 15.8 Å². The molecule has 0 aromatic heterocycles. The molecule has 19 aliphatic rings. The second-order valence-electron chi connectivity index (χ2n) is 40.4. The van der Waals surface area contributed by atoms with E-state index in [9.17, 15) is 0 Å². The van der Waals surface area contributed by atoms with Crippen molar-refractivity contribution < 1.29 is 9.47 Å². The van der Waals surface area contributed by atoms with E-state index in [-0.39, 0.29) is 21.7 Å². The van der Waals surface area contributed by atoms with Crippen molar-refractivity contribution in [1.82, 2.24) is 0 Å². The van der Waals surface area contributed by atoms with Crippen LogP contribution in [0.4, 0.5) is 22.7 Å². The van der Waals surface area contributed by atoms with Gasteiger partial charge in [0.05, 0.1) is 48.6 Å². The van der Waals surface area contributed by atoms with Crippen molar-refractivity contribution in [3.05, 3.63) is 121 Å². The fraction of sp³-hybridized carbons (Fsp3) is 0.733. The lowest BCUT2D eigenvalue weighted by Crippen LogP contribution is -2.90. The largest absolute Gasteiger partial charge is 0.373 e. The molecule has 8 heteroatoms. The van der Waals surface area contributed by atoms with E-state index in [0.29, 0.717) is 154 Å². The fourth-order valence-electron chi connectivity index (χ4n) is 34.8.